The van der Waals surface area contributed by atoms with Crippen molar-refractivity contribution in [1.29, 1.82) is 0 Å². The van der Waals surface area contributed by atoms with Gasteiger partial charge in [-0.1, -0.05) is 11.6 Å². The molecule has 118 valence electrons. The summed E-state index contributed by atoms with van der Waals surface area (Å²) in [5, 5.41) is 3.71. The molecule has 2 aromatic rings. The number of urea groups is 1. The van der Waals surface area contributed by atoms with Gasteiger partial charge in [0, 0.05) is 0 Å². The van der Waals surface area contributed by atoms with E-state index in [1.807, 2.05) is 4.72 Å². The standard InChI is InChI=1S/C10H10ClN5O4S2/c1-5-12-8(15-10(13-5)20-2)14-9(17)16-22(18,19)7-6(11)3-4-21-7/h3-4H,1-2H3,(H2,12,13,14,15,16,17). The van der Waals surface area contributed by atoms with E-state index in [0.29, 0.717) is 5.82 Å². The summed E-state index contributed by atoms with van der Waals surface area (Å²) in [6.45, 7) is 1.56. The monoisotopic (exact) mass is 363 g/mol. The highest BCUT2D eigenvalue weighted by Gasteiger charge is 2.22. The molecule has 22 heavy (non-hydrogen) atoms. The van der Waals surface area contributed by atoms with Crippen LogP contribution < -0.4 is 14.8 Å². The first kappa shape index (κ1) is 16.4. The van der Waals surface area contributed by atoms with Gasteiger partial charge in [-0.25, -0.2) is 17.9 Å². The van der Waals surface area contributed by atoms with Gasteiger partial charge < -0.3 is 4.74 Å². The molecule has 0 radical (unpaired) electrons. The van der Waals surface area contributed by atoms with Crippen molar-refractivity contribution in [2.75, 3.05) is 12.4 Å². The highest BCUT2D eigenvalue weighted by Crippen LogP contribution is 2.26. The molecule has 2 N–H and O–H groups in total. The minimum atomic E-state index is -4.07. The summed E-state index contributed by atoms with van der Waals surface area (Å²) in [6, 6.07) is 0.378. The number of methoxy groups -OCH3 is 1. The normalized spacial score (nSPS) is 11.0. The number of carbonyl (C=O) groups excluding carboxylic acids is 1. The van der Waals surface area contributed by atoms with Crippen LogP contribution in [0.2, 0.25) is 5.02 Å². The first-order valence-electron chi connectivity index (χ1n) is 5.65. The Kier molecular flexibility index (Phi) is 4.78. The van der Waals surface area contributed by atoms with Crippen LogP contribution in [-0.2, 0) is 10.0 Å². The summed E-state index contributed by atoms with van der Waals surface area (Å²) in [6.07, 6.45) is 0. The highest BCUT2D eigenvalue weighted by molar-refractivity contribution is 7.92. The van der Waals surface area contributed by atoms with E-state index in [4.69, 9.17) is 16.3 Å². The molecule has 0 aromatic carbocycles. The summed E-state index contributed by atoms with van der Waals surface area (Å²) in [7, 11) is -2.72. The highest BCUT2D eigenvalue weighted by atomic mass is 35.5. The van der Waals surface area contributed by atoms with E-state index in [-0.39, 0.29) is 21.2 Å². The van der Waals surface area contributed by atoms with Crippen molar-refractivity contribution in [3.8, 4) is 6.01 Å². The van der Waals surface area contributed by atoms with Gasteiger partial charge in [0.1, 0.15) is 5.82 Å². The molecule has 0 aliphatic rings. The van der Waals surface area contributed by atoms with Crippen molar-refractivity contribution in [3.05, 3.63) is 22.3 Å². The van der Waals surface area contributed by atoms with Crippen LogP contribution in [0, 0.1) is 6.92 Å². The Balaban J connectivity index is 2.14. The fourth-order valence-electron chi connectivity index (χ4n) is 1.37. The molecule has 0 unspecified atom stereocenters. The van der Waals surface area contributed by atoms with Crippen molar-refractivity contribution in [2.45, 2.75) is 11.1 Å². The molecule has 2 heterocycles. The van der Waals surface area contributed by atoms with Gasteiger partial charge in [0.15, 0.2) is 4.21 Å². The number of anilines is 1. The zero-order valence-corrected chi connectivity index (χ0v) is 13.7. The Bertz CT molecular complexity index is 807. The molecule has 0 saturated heterocycles. The summed E-state index contributed by atoms with van der Waals surface area (Å²) in [5.41, 5.74) is 0. The maximum atomic E-state index is 12.0. The number of amides is 2. The molecule has 0 bridgehead atoms. The predicted octanol–water partition coefficient (Wildman–Crippen LogP) is 1.41. The fraction of sp³-hybridized carbons (Fsp3) is 0.200. The number of nitrogens with zero attached hydrogens (tertiary/aromatic N) is 3. The number of carbonyl (C=O) groups is 1. The maximum absolute atomic E-state index is 12.0. The molecule has 0 saturated carbocycles. The Labute approximate surface area is 134 Å². The van der Waals surface area contributed by atoms with E-state index in [9.17, 15) is 13.2 Å². The van der Waals surface area contributed by atoms with Crippen LogP contribution >= 0.6 is 22.9 Å². The molecule has 0 aliphatic carbocycles. The van der Waals surface area contributed by atoms with Gasteiger partial charge in [-0.2, -0.15) is 15.0 Å². The van der Waals surface area contributed by atoms with Gasteiger partial charge in [-0.3, -0.25) is 5.32 Å². The average Bonchev–Trinajstić information content (AvgIpc) is 2.84. The van der Waals surface area contributed by atoms with Gasteiger partial charge in [-0.05, 0) is 18.4 Å². The third-order valence-corrected chi connectivity index (χ3v) is 5.54. The topological polar surface area (TPSA) is 123 Å². The summed E-state index contributed by atoms with van der Waals surface area (Å²) in [5.74, 6) is 0.153. The first-order chi connectivity index (χ1) is 10.3. The zero-order valence-electron chi connectivity index (χ0n) is 11.3. The lowest BCUT2D eigenvalue weighted by molar-refractivity contribution is 0.256. The van der Waals surface area contributed by atoms with E-state index in [1.54, 1.807) is 6.92 Å². The minimum absolute atomic E-state index is 0.00745. The molecule has 0 atom stereocenters. The van der Waals surface area contributed by atoms with Crippen molar-refractivity contribution >= 4 is 44.9 Å². The number of halogens is 1. The summed E-state index contributed by atoms with van der Waals surface area (Å²) in [4.78, 5) is 23.2. The van der Waals surface area contributed by atoms with Crippen molar-refractivity contribution in [2.24, 2.45) is 0 Å². The van der Waals surface area contributed by atoms with Gasteiger partial charge >= 0.3 is 12.0 Å². The second-order valence-corrected chi connectivity index (χ2v) is 7.01. The number of aromatic nitrogens is 3. The SMILES string of the molecule is COc1nc(C)nc(NC(=O)NS(=O)(=O)c2sccc2Cl)n1. The Morgan fingerprint density at radius 2 is 2.09 bits per heavy atom. The molecule has 0 spiro atoms. The van der Waals surface area contributed by atoms with E-state index < -0.39 is 16.1 Å². The maximum Gasteiger partial charge on any atom is 0.335 e. The second kappa shape index (κ2) is 6.42. The van der Waals surface area contributed by atoms with Crippen LogP contribution in [0.15, 0.2) is 15.7 Å². The lowest BCUT2D eigenvalue weighted by atomic mass is 10.7. The lowest BCUT2D eigenvalue weighted by Gasteiger charge is -2.07. The lowest BCUT2D eigenvalue weighted by Crippen LogP contribution is -2.34. The van der Waals surface area contributed by atoms with Crippen LogP contribution in [-0.4, -0.2) is 36.5 Å². The van der Waals surface area contributed by atoms with Gasteiger partial charge in [0.05, 0.1) is 12.1 Å². The van der Waals surface area contributed by atoms with Crippen LogP contribution in [0.5, 0.6) is 6.01 Å². The van der Waals surface area contributed by atoms with Crippen molar-refractivity contribution < 1.29 is 17.9 Å². The van der Waals surface area contributed by atoms with Crippen LogP contribution in [0.25, 0.3) is 0 Å². The van der Waals surface area contributed by atoms with Crippen LogP contribution in [0.4, 0.5) is 10.7 Å². The van der Waals surface area contributed by atoms with Crippen LogP contribution in [0.1, 0.15) is 5.82 Å². The number of nitrogens with one attached hydrogen (secondary N) is 2. The zero-order chi connectivity index (χ0) is 16.3. The minimum Gasteiger partial charge on any atom is -0.467 e. The quantitative estimate of drug-likeness (QED) is 0.841. The molecule has 2 aromatic heterocycles. The van der Waals surface area contributed by atoms with Crippen molar-refractivity contribution in [3.63, 3.8) is 0 Å². The Morgan fingerprint density at radius 1 is 1.36 bits per heavy atom. The molecule has 9 nitrogen and oxygen atoms in total. The number of hydrogen-bond acceptors (Lipinski definition) is 8. The predicted molar refractivity (Wildman–Crippen MR) is 79.8 cm³/mol. The Hall–Kier alpha value is -1.98. The molecular weight excluding hydrogens is 354 g/mol. The third kappa shape index (κ3) is 3.81. The number of ether oxygens (including phenoxy) is 1. The summed E-state index contributed by atoms with van der Waals surface area (Å²) >= 11 is 6.63. The average molecular weight is 364 g/mol. The van der Waals surface area contributed by atoms with E-state index in [1.165, 1.54) is 18.6 Å². The fourth-order valence-corrected chi connectivity index (χ4v) is 3.97. The molecule has 0 fully saturated rings. The molecule has 0 aliphatic heterocycles. The number of aryl methyl sites for hydroxylation is 1. The second-order valence-electron chi connectivity index (χ2n) is 3.81. The largest absolute Gasteiger partial charge is 0.467 e. The smallest absolute Gasteiger partial charge is 0.335 e. The number of rotatable bonds is 4. The number of thiophene rings is 1. The van der Waals surface area contributed by atoms with Gasteiger partial charge in [0.2, 0.25) is 5.95 Å². The molecule has 12 heteroatoms. The molecule has 2 rings (SSSR count). The van der Waals surface area contributed by atoms with E-state index >= 15 is 0 Å². The van der Waals surface area contributed by atoms with E-state index in [0.717, 1.165) is 11.3 Å². The first-order valence-corrected chi connectivity index (χ1v) is 8.39. The third-order valence-electron chi connectivity index (χ3n) is 2.19. The molecule has 2 amide bonds. The number of sulfonamides is 1. The number of hydrogen-bond donors (Lipinski definition) is 2. The van der Waals surface area contributed by atoms with Crippen LogP contribution in [0.3, 0.4) is 0 Å². The van der Waals surface area contributed by atoms with Crippen molar-refractivity contribution in [1.82, 2.24) is 19.7 Å². The summed E-state index contributed by atoms with van der Waals surface area (Å²) < 4.78 is 30.4. The Morgan fingerprint density at radius 3 is 2.68 bits per heavy atom. The van der Waals surface area contributed by atoms with E-state index in [2.05, 4.69) is 20.3 Å². The molecular formula is C10H10ClN5O4S2. The van der Waals surface area contributed by atoms with Gasteiger partial charge in [0.25, 0.3) is 10.0 Å². The van der Waals surface area contributed by atoms with Gasteiger partial charge in [-0.15, -0.1) is 11.3 Å².